The lowest BCUT2D eigenvalue weighted by atomic mass is 10.2. The van der Waals surface area contributed by atoms with Crippen molar-refractivity contribution in [2.24, 2.45) is 0 Å². The van der Waals surface area contributed by atoms with E-state index in [0.29, 0.717) is 35.9 Å². The van der Waals surface area contributed by atoms with Crippen LogP contribution in [0.5, 0.6) is 5.75 Å². The van der Waals surface area contributed by atoms with Crippen molar-refractivity contribution in [3.05, 3.63) is 35.7 Å². The van der Waals surface area contributed by atoms with Gasteiger partial charge in [0.1, 0.15) is 17.3 Å². The average molecular weight is 317 g/mol. The molecule has 3 N–H and O–H groups in total. The topological polar surface area (TPSA) is 104 Å². The number of amides is 1. The van der Waals surface area contributed by atoms with Gasteiger partial charge in [0.05, 0.1) is 7.11 Å². The van der Waals surface area contributed by atoms with Crippen molar-refractivity contribution in [2.75, 3.05) is 13.7 Å². The van der Waals surface area contributed by atoms with Crippen LogP contribution in [-0.4, -0.2) is 40.6 Å². The van der Waals surface area contributed by atoms with E-state index >= 15 is 0 Å². The van der Waals surface area contributed by atoms with E-state index in [9.17, 15) is 9.59 Å². The summed E-state index contributed by atoms with van der Waals surface area (Å²) in [7, 11) is 1.59. The second kappa shape index (κ2) is 7.44. The van der Waals surface area contributed by atoms with Crippen LogP contribution in [0.25, 0.3) is 11.4 Å². The third-order valence-electron chi connectivity index (χ3n) is 3.30. The number of benzene rings is 1. The predicted octanol–water partition coefficient (Wildman–Crippen LogP) is 1.99. The molecule has 7 nitrogen and oxygen atoms in total. The molecule has 23 heavy (non-hydrogen) atoms. The first-order valence-electron chi connectivity index (χ1n) is 7.22. The number of carbonyl (C=O) groups excluding carboxylic acids is 1. The molecule has 0 aliphatic carbocycles. The highest BCUT2D eigenvalue weighted by Crippen LogP contribution is 2.22. The number of aromatic amines is 1. The predicted molar refractivity (Wildman–Crippen MR) is 84.5 cm³/mol. The molecule has 1 aromatic carbocycles. The van der Waals surface area contributed by atoms with Crippen LogP contribution in [0.4, 0.5) is 0 Å². The van der Waals surface area contributed by atoms with E-state index in [4.69, 9.17) is 9.84 Å². The Morgan fingerprint density at radius 3 is 2.87 bits per heavy atom. The molecule has 0 unspecified atom stereocenters. The number of rotatable bonds is 7. The number of hydrogen-bond donors (Lipinski definition) is 3. The molecule has 0 saturated heterocycles. The quantitative estimate of drug-likeness (QED) is 0.677. The molecule has 0 aliphatic heterocycles. The number of hydrogen-bond acceptors (Lipinski definition) is 4. The van der Waals surface area contributed by atoms with Gasteiger partial charge in [0, 0.05) is 24.2 Å². The molecule has 0 saturated carbocycles. The van der Waals surface area contributed by atoms with E-state index in [1.807, 2.05) is 24.3 Å². The molecule has 0 spiro atoms. The van der Waals surface area contributed by atoms with Gasteiger partial charge in [0.2, 0.25) is 0 Å². The van der Waals surface area contributed by atoms with Gasteiger partial charge in [-0.15, -0.1) is 0 Å². The van der Waals surface area contributed by atoms with E-state index in [-0.39, 0.29) is 12.3 Å². The van der Waals surface area contributed by atoms with Crippen molar-refractivity contribution >= 4 is 11.9 Å². The molecule has 0 aliphatic rings. The van der Waals surface area contributed by atoms with Crippen LogP contribution >= 0.6 is 0 Å². The van der Waals surface area contributed by atoms with Crippen molar-refractivity contribution < 1.29 is 19.4 Å². The number of imidazole rings is 1. The van der Waals surface area contributed by atoms with Crippen LogP contribution in [0, 0.1) is 6.92 Å². The number of methoxy groups -OCH3 is 1. The first-order chi connectivity index (χ1) is 11.0. The summed E-state index contributed by atoms with van der Waals surface area (Å²) < 4.78 is 5.18. The van der Waals surface area contributed by atoms with Crippen molar-refractivity contribution in [3.8, 4) is 17.1 Å². The van der Waals surface area contributed by atoms with Crippen molar-refractivity contribution in [1.82, 2.24) is 15.3 Å². The van der Waals surface area contributed by atoms with Gasteiger partial charge in [-0.1, -0.05) is 12.1 Å². The molecule has 2 aromatic rings. The highest BCUT2D eigenvalue weighted by atomic mass is 16.5. The maximum atomic E-state index is 12.1. The van der Waals surface area contributed by atoms with Gasteiger partial charge < -0.3 is 20.1 Å². The standard InChI is InChI=1S/C16H19N3O4/c1-10-14(16(22)17-8-4-7-13(20)21)19-15(18-10)11-5-3-6-12(9-11)23-2/h3,5-6,9H,4,7-8H2,1-2H3,(H,17,22)(H,18,19)(H,20,21). The number of carbonyl (C=O) groups is 2. The Hall–Kier alpha value is -2.83. The minimum absolute atomic E-state index is 0.0227. The number of aromatic nitrogens is 2. The monoisotopic (exact) mass is 317 g/mol. The Morgan fingerprint density at radius 2 is 2.17 bits per heavy atom. The lowest BCUT2D eigenvalue weighted by molar-refractivity contribution is -0.137. The first kappa shape index (κ1) is 16.5. The fourth-order valence-electron chi connectivity index (χ4n) is 2.11. The van der Waals surface area contributed by atoms with Crippen LogP contribution in [0.15, 0.2) is 24.3 Å². The summed E-state index contributed by atoms with van der Waals surface area (Å²) in [6.07, 6.45) is 0.405. The normalized spacial score (nSPS) is 10.3. The molecule has 0 fully saturated rings. The van der Waals surface area contributed by atoms with Crippen LogP contribution < -0.4 is 10.1 Å². The highest BCUT2D eigenvalue weighted by molar-refractivity contribution is 5.94. The number of aliphatic carboxylic acids is 1. The van der Waals surface area contributed by atoms with Crippen LogP contribution in [0.2, 0.25) is 0 Å². The molecule has 0 atom stereocenters. The molecule has 0 bridgehead atoms. The summed E-state index contributed by atoms with van der Waals surface area (Å²) >= 11 is 0. The van der Waals surface area contributed by atoms with Gasteiger partial charge in [0.25, 0.3) is 5.91 Å². The van der Waals surface area contributed by atoms with E-state index in [2.05, 4.69) is 15.3 Å². The van der Waals surface area contributed by atoms with Crippen molar-refractivity contribution in [3.63, 3.8) is 0 Å². The summed E-state index contributed by atoms with van der Waals surface area (Å²) in [5.74, 6) is 0.0853. The maximum Gasteiger partial charge on any atom is 0.303 e. The molecule has 1 amide bonds. The Kier molecular flexibility index (Phi) is 5.35. The second-order valence-corrected chi connectivity index (χ2v) is 5.04. The van der Waals surface area contributed by atoms with E-state index in [1.165, 1.54) is 0 Å². The SMILES string of the molecule is COc1cccc(-c2nc(C(=O)NCCCC(=O)O)c(C)[nH]2)c1. The number of aryl methyl sites for hydroxylation is 1. The zero-order chi connectivity index (χ0) is 16.8. The third-order valence-corrected chi connectivity index (χ3v) is 3.30. The zero-order valence-electron chi connectivity index (χ0n) is 13.0. The Labute approximate surface area is 133 Å². The Bertz CT molecular complexity index is 709. The molecule has 0 radical (unpaired) electrons. The number of nitrogens with zero attached hydrogens (tertiary/aromatic N) is 1. The molecule has 1 aromatic heterocycles. The van der Waals surface area contributed by atoms with Gasteiger partial charge in [-0.05, 0) is 25.5 Å². The summed E-state index contributed by atoms with van der Waals surface area (Å²) in [4.78, 5) is 30.0. The van der Waals surface area contributed by atoms with E-state index in [1.54, 1.807) is 14.0 Å². The number of ether oxygens (including phenoxy) is 1. The second-order valence-electron chi connectivity index (χ2n) is 5.04. The number of carboxylic acid groups (broad SMARTS) is 1. The molecule has 2 rings (SSSR count). The van der Waals surface area contributed by atoms with E-state index in [0.717, 1.165) is 5.56 Å². The van der Waals surface area contributed by atoms with Gasteiger partial charge >= 0.3 is 5.97 Å². The summed E-state index contributed by atoms with van der Waals surface area (Å²) in [6, 6.07) is 7.37. The number of nitrogens with one attached hydrogen (secondary N) is 2. The first-order valence-corrected chi connectivity index (χ1v) is 7.22. The van der Waals surface area contributed by atoms with Gasteiger partial charge in [-0.3, -0.25) is 9.59 Å². The van der Waals surface area contributed by atoms with Crippen LogP contribution in [0.1, 0.15) is 29.0 Å². The lowest BCUT2D eigenvalue weighted by Gasteiger charge is -2.02. The molecular weight excluding hydrogens is 298 g/mol. The van der Waals surface area contributed by atoms with Gasteiger partial charge in [-0.2, -0.15) is 0 Å². The van der Waals surface area contributed by atoms with Crippen molar-refractivity contribution in [2.45, 2.75) is 19.8 Å². The lowest BCUT2D eigenvalue weighted by Crippen LogP contribution is -2.25. The Balaban J connectivity index is 2.08. The largest absolute Gasteiger partial charge is 0.497 e. The summed E-state index contributed by atoms with van der Waals surface area (Å²) in [5.41, 5.74) is 1.77. The summed E-state index contributed by atoms with van der Waals surface area (Å²) in [5, 5.41) is 11.2. The maximum absolute atomic E-state index is 12.1. The molecule has 7 heteroatoms. The minimum Gasteiger partial charge on any atom is -0.497 e. The summed E-state index contributed by atoms with van der Waals surface area (Å²) in [6.45, 7) is 2.06. The fourth-order valence-corrected chi connectivity index (χ4v) is 2.11. The molecular formula is C16H19N3O4. The van der Waals surface area contributed by atoms with Gasteiger partial charge in [0.15, 0.2) is 0 Å². The van der Waals surface area contributed by atoms with Crippen molar-refractivity contribution in [1.29, 1.82) is 0 Å². The van der Waals surface area contributed by atoms with Crippen LogP contribution in [0.3, 0.4) is 0 Å². The van der Waals surface area contributed by atoms with Gasteiger partial charge in [-0.25, -0.2) is 4.98 Å². The smallest absolute Gasteiger partial charge is 0.303 e. The third kappa shape index (κ3) is 4.32. The average Bonchev–Trinajstić information content (AvgIpc) is 2.93. The highest BCUT2D eigenvalue weighted by Gasteiger charge is 2.15. The number of carboxylic acids is 1. The zero-order valence-corrected chi connectivity index (χ0v) is 13.0. The minimum atomic E-state index is -0.879. The fraction of sp³-hybridized carbons (Fsp3) is 0.312. The van der Waals surface area contributed by atoms with E-state index < -0.39 is 5.97 Å². The molecule has 122 valence electrons. The number of H-pyrrole nitrogens is 1. The molecule has 1 heterocycles. The van der Waals surface area contributed by atoms with Crippen LogP contribution in [-0.2, 0) is 4.79 Å². The Morgan fingerprint density at radius 1 is 1.39 bits per heavy atom.